The van der Waals surface area contributed by atoms with Crippen molar-refractivity contribution in [1.29, 1.82) is 0 Å². The second-order valence-corrected chi connectivity index (χ2v) is 9.95. The third kappa shape index (κ3) is 6.19. The molecule has 7 nitrogen and oxygen atoms in total. The number of thioether (sulfide) groups is 1. The highest BCUT2D eigenvalue weighted by Gasteiger charge is 2.11. The lowest BCUT2D eigenvalue weighted by Gasteiger charge is -2.09. The Morgan fingerprint density at radius 1 is 1.00 bits per heavy atom. The van der Waals surface area contributed by atoms with Crippen molar-refractivity contribution in [2.24, 2.45) is 0 Å². The number of halogens is 1. The summed E-state index contributed by atoms with van der Waals surface area (Å²) in [5, 5.41) is 8.89. The van der Waals surface area contributed by atoms with Crippen LogP contribution in [0.5, 0.6) is 5.75 Å². The number of urea groups is 1. The van der Waals surface area contributed by atoms with Gasteiger partial charge < -0.3 is 20.7 Å². The van der Waals surface area contributed by atoms with Crippen LogP contribution < -0.4 is 20.7 Å². The third-order valence-corrected chi connectivity index (χ3v) is 7.17. The van der Waals surface area contributed by atoms with E-state index < -0.39 is 0 Å². The van der Waals surface area contributed by atoms with E-state index in [1.165, 1.54) is 23.1 Å². The molecule has 0 spiro atoms. The lowest BCUT2D eigenvalue weighted by atomic mass is 10.2. The smallest absolute Gasteiger partial charge is 0.323 e. The van der Waals surface area contributed by atoms with Gasteiger partial charge in [0, 0.05) is 11.4 Å². The van der Waals surface area contributed by atoms with Gasteiger partial charge in [-0.15, -0.1) is 11.3 Å². The van der Waals surface area contributed by atoms with Crippen molar-refractivity contribution in [3.63, 3.8) is 0 Å². The number of aromatic nitrogens is 1. The highest BCUT2D eigenvalue weighted by molar-refractivity contribution is 8.01. The standard InChI is InChI=1S/C24H21ClN4O3S2/c1-14-3-9-19(18(25)11-14)28-23(31)27-16-6-10-20-21(12-16)34-24(29-20)33-13-22(30)26-15-4-7-17(32-2)8-5-15/h3-12H,13H2,1-2H3,(H,26,30)(H2,27,28,31). The van der Waals surface area contributed by atoms with Crippen LogP contribution in [0.25, 0.3) is 10.2 Å². The first-order valence-corrected chi connectivity index (χ1v) is 12.4. The molecule has 0 radical (unpaired) electrons. The maximum absolute atomic E-state index is 12.4. The van der Waals surface area contributed by atoms with Gasteiger partial charge in [-0.25, -0.2) is 9.78 Å². The molecule has 3 amide bonds. The second kappa shape index (κ2) is 10.8. The average molecular weight is 513 g/mol. The maximum Gasteiger partial charge on any atom is 0.323 e. The Hall–Kier alpha value is -3.27. The molecule has 0 saturated heterocycles. The minimum absolute atomic E-state index is 0.122. The molecule has 0 aliphatic carbocycles. The zero-order valence-electron chi connectivity index (χ0n) is 18.3. The van der Waals surface area contributed by atoms with Crippen LogP contribution in [0.2, 0.25) is 5.02 Å². The first kappa shape index (κ1) is 23.9. The van der Waals surface area contributed by atoms with Crippen molar-refractivity contribution in [3.05, 3.63) is 71.2 Å². The lowest BCUT2D eigenvalue weighted by molar-refractivity contribution is -0.113. The van der Waals surface area contributed by atoms with E-state index in [0.29, 0.717) is 22.1 Å². The van der Waals surface area contributed by atoms with Gasteiger partial charge in [0.15, 0.2) is 4.34 Å². The van der Waals surface area contributed by atoms with Crippen LogP contribution in [0, 0.1) is 6.92 Å². The van der Waals surface area contributed by atoms with Gasteiger partial charge in [0.2, 0.25) is 5.91 Å². The number of aryl methyl sites for hydroxylation is 1. The molecule has 1 heterocycles. The summed E-state index contributed by atoms with van der Waals surface area (Å²) in [7, 11) is 1.59. The molecule has 0 saturated carbocycles. The number of fused-ring (bicyclic) bond motifs is 1. The quantitative estimate of drug-likeness (QED) is 0.241. The fourth-order valence-electron chi connectivity index (χ4n) is 3.05. The number of nitrogens with zero attached hydrogens (tertiary/aromatic N) is 1. The molecular weight excluding hydrogens is 492 g/mol. The normalized spacial score (nSPS) is 10.7. The van der Waals surface area contributed by atoms with Gasteiger partial charge in [-0.1, -0.05) is 29.4 Å². The van der Waals surface area contributed by atoms with Crippen molar-refractivity contribution < 1.29 is 14.3 Å². The molecule has 34 heavy (non-hydrogen) atoms. The monoisotopic (exact) mass is 512 g/mol. The summed E-state index contributed by atoms with van der Waals surface area (Å²) in [4.78, 5) is 29.2. The van der Waals surface area contributed by atoms with Crippen LogP contribution in [-0.4, -0.2) is 29.8 Å². The van der Waals surface area contributed by atoms with E-state index in [9.17, 15) is 9.59 Å². The summed E-state index contributed by atoms with van der Waals surface area (Å²) in [5.41, 5.74) is 3.69. The number of amides is 3. The van der Waals surface area contributed by atoms with Crippen LogP contribution in [-0.2, 0) is 4.79 Å². The predicted octanol–water partition coefficient (Wildman–Crippen LogP) is 6.64. The van der Waals surface area contributed by atoms with Crippen LogP contribution in [0.1, 0.15) is 5.56 Å². The van der Waals surface area contributed by atoms with Crippen molar-refractivity contribution in [2.45, 2.75) is 11.3 Å². The van der Waals surface area contributed by atoms with E-state index in [4.69, 9.17) is 16.3 Å². The largest absolute Gasteiger partial charge is 0.497 e. The van der Waals surface area contributed by atoms with Crippen LogP contribution in [0.3, 0.4) is 0 Å². The Bertz CT molecular complexity index is 1340. The number of nitrogens with one attached hydrogen (secondary N) is 3. The van der Waals surface area contributed by atoms with E-state index in [-0.39, 0.29) is 17.7 Å². The number of thiazole rings is 1. The van der Waals surface area contributed by atoms with Crippen molar-refractivity contribution >= 4 is 73.9 Å². The van der Waals surface area contributed by atoms with Crippen LogP contribution >= 0.6 is 34.7 Å². The summed E-state index contributed by atoms with van der Waals surface area (Å²) in [6.07, 6.45) is 0. The number of rotatable bonds is 7. The van der Waals surface area contributed by atoms with Crippen molar-refractivity contribution in [1.82, 2.24) is 4.98 Å². The van der Waals surface area contributed by atoms with Crippen LogP contribution in [0.15, 0.2) is 65.0 Å². The van der Waals surface area contributed by atoms with Crippen molar-refractivity contribution in [2.75, 3.05) is 28.8 Å². The number of methoxy groups -OCH3 is 1. The molecule has 4 rings (SSSR count). The molecule has 0 aliphatic heterocycles. The summed E-state index contributed by atoms with van der Waals surface area (Å²) < 4.78 is 6.80. The van der Waals surface area contributed by atoms with Gasteiger partial charge in [-0.05, 0) is 67.1 Å². The average Bonchev–Trinajstić information content (AvgIpc) is 3.22. The van der Waals surface area contributed by atoms with E-state index in [0.717, 1.165) is 25.9 Å². The first-order chi connectivity index (χ1) is 16.4. The molecule has 0 atom stereocenters. The molecule has 4 aromatic rings. The van der Waals surface area contributed by atoms with Gasteiger partial charge in [-0.3, -0.25) is 4.79 Å². The molecule has 1 aromatic heterocycles. The molecule has 10 heteroatoms. The zero-order valence-corrected chi connectivity index (χ0v) is 20.7. The lowest BCUT2D eigenvalue weighted by Crippen LogP contribution is -2.19. The Labute approximate surface area is 209 Å². The maximum atomic E-state index is 12.4. The minimum atomic E-state index is -0.389. The van der Waals surface area contributed by atoms with Gasteiger partial charge in [0.25, 0.3) is 0 Å². The fraction of sp³-hybridized carbons (Fsp3) is 0.125. The summed E-state index contributed by atoms with van der Waals surface area (Å²) >= 11 is 9.01. The Morgan fingerprint density at radius 3 is 2.50 bits per heavy atom. The highest BCUT2D eigenvalue weighted by atomic mass is 35.5. The van der Waals surface area contributed by atoms with Gasteiger partial charge in [0.05, 0.1) is 33.8 Å². The Kier molecular flexibility index (Phi) is 7.56. The number of ether oxygens (including phenoxy) is 1. The predicted molar refractivity (Wildman–Crippen MR) is 141 cm³/mol. The number of carbonyl (C=O) groups is 2. The molecule has 3 N–H and O–H groups in total. The second-order valence-electron chi connectivity index (χ2n) is 7.29. The third-order valence-electron chi connectivity index (χ3n) is 4.70. The van der Waals surface area contributed by atoms with E-state index >= 15 is 0 Å². The van der Waals surface area contributed by atoms with Gasteiger partial charge in [-0.2, -0.15) is 0 Å². The van der Waals surface area contributed by atoms with E-state index in [2.05, 4.69) is 20.9 Å². The highest BCUT2D eigenvalue weighted by Crippen LogP contribution is 2.31. The topological polar surface area (TPSA) is 92.3 Å². The van der Waals surface area contributed by atoms with Gasteiger partial charge >= 0.3 is 6.03 Å². The summed E-state index contributed by atoms with van der Waals surface area (Å²) in [5.74, 6) is 0.840. The van der Waals surface area contributed by atoms with E-state index in [1.807, 2.05) is 25.1 Å². The Balaban J connectivity index is 1.34. The minimum Gasteiger partial charge on any atom is -0.497 e. The van der Waals surface area contributed by atoms with E-state index in [1.54, 1.807) is 49.6 Å². The molecule has 0 unspecified atom stereocenters. The number of benzene rings is 3. The molecule has 174 valence electrons. The molecular formula is C24H21ClN4O3S2. The fourth-order valence-corrected chi connectivity index (χ4v) is 5.24. The number of anilines is 3. The molecule has 0 fully saturated rings. The van der Waals surface area contributed by atoms with Crippen molar-refractivity contribution in [3.8, 4) is 5.75 Å². The number of hydrogen-bond acceptors (Lipinski definition) is 6. The first-order valence-electron chi connectivity index (χ1n) is 10.2. The number of carbonyl (C=O) groups excluding carboxylic acids is 2. The summed E-state index contributed by atoms with van der Waals surface area (Å²) in [6.45, 7) is 1.93. The van der Waals surface area contributed by atoms with Crippen LogP contribution in [0.4, 0.5) is 21.9 Å². The van der Waals surface area contributed by atoms with Gasteiger partial charge in [0.1, 0.15) is 5.75 Å². The SMILES string of the molecule is COc1ccc(NC(=O)CSc2nc3ccc(NC(=O)Nc4ccc(C)cc4Cl)cc3s2)cc1. The molecule has 0 aliphatic rings. The number of hydrogen-bond donors (Lipinski definition) is 3. The summed E-state index contributed by atoms with van der Waals surface area (Å²) in [6, 6.07) is 17.7. The zero-order chi connectivity index (χ0) is 24.1. The molecule has 0 bridgehead atoms. The Morgan fingerprint density at radius 2 is 1.76 bits per heavy atom. The molecule has 3 aromatic carbocycles.